The largest absolute Gasteiger partial charge is 0.356 e. The number of hydrogen-bond donors (Lipinski definition) is 2. The molecule has 0 saturated carbocycles. The van der Waals surface area contributed by atoms with Crippen molar-refractivity contribution in [2.45, 2.75) is 31.1 Å². The molecule has 0 aliphatic carbocycles. The van der Waals surface area contributed by atoms with E-state index < -0.39 is 14.9 Å². The summed E-state index contributed by atoms with van der Waals surface area (Å²) in [6.45, 7) is 4.28. The number of anilines is 2. The Kier molecular flexibility index (Phi) is 6.60. The fourth-order valence-corrected chi connectivity index (χ4v) is 4.14. The van der Waals surface area contributed by atoms with Crippen molar-refractivity contribution in [1.29, 1.82) is 0 Å². The predicted octanol–water partition coefficient (Wildman–Crippen LogP) is 2.07. The Morgan fingerprint density at radius 3 is 2.45 bits per heavy atom. The summed E-state index contributed by atoms with van der Waals surface area (Å²) in [4.78, 5) is 21.2. The molecule has 11 heteroatoms. The maximum Gasteiger partial charge on any atom is 0.269 e. The molecule has 0 atom stereocenters. The van der Waals surface area contributed by atoms with Gasteiger partial charge < -0.3 is 10.2 Å². The minimum atomic E-state index is -3.75. The number of rotatable bonds is 8. The zero-order chi connectivity index (χ0) is 20.9. The van der Waals surface area contributed by atoms with E-state index >= 15 is 0 Å². The van der Waals surface area contributed by atoms with E-state index in [1.807, 2.05) is 13.0 Å². The van der Waals surface area contributed by atoms with Crippen LogP contribution in [0.2, 0.25) is 0 Å². The third-order valence-corrected chi connectivity index (χ3v) is 6.06. The van der Waals surface area contributed by atoms with Gasteiger partial charge in [-0.15, -0.1) is 0 Å². The monoisotopic (exact) mass is 420 g/mol. The zero-order valence-electron chi connectivity index (χ0n) is 16.2. The first-order valence-electron chi connectivity index (χ1n) is 9.44. The Morgan fingerprint density at radius 2 is 1.79 bits per heavy atom. The number of nitrogens with zero attached hydrogens (tertiary/aromatic N) is 4. The molecule has 0 radical (unpaired) electrons. The van der Waals surface area contributed by atoms with Crippen molar-refractivity contribution in [2.75, 3.05) is 36.4 Å². The van der Waals surface area contributed by atoms with Crippen LogP contribution in [0, 0.1) is 17.0 Å². The van der Waals surface area contributed by atoms with Gasteiger partial charge in [0.1, 0.15) is 5.82 Å². The van der Waals surface area contributed by atoms with Crippen molar-refractivity contribution in [2.24, 2.45) is 0 Å². The van der Waals surface area contributed by atoms with Crippen LogP contribution in [0.4, 0.5) is 17.5 Å². The van der Waals surface area contributed by atoms with Crippen LogP contribution < -0.4 is 14.9 Å². The lowest BCUT2D eigenvalue weighted by molar-refractivity contribution is -0.384. The van der Waals surface area contributed by atoms with E-state index in [0.29, 0.717) is 12.5 Å². The smallest absolute Gasteiger partial charge is 0.269 e. The lowest BCUT2D eigenvalue weighted by atomic mass is 10.1. The Morgan fingerprint density at radius 1 is 1.10 bits per heavy atom. The van der Waals surface area contributed by atoms with E-state index in [0.717, 1.165) is 49.6 Å². The molecule has 0 spiro atoms. The van der Waals surface area contributed by atoms with Gasteiger partial charge in [0.05, 0.1) is 9.82 Å². The molecule has 1 aromatic heterocycles. The summed E-state index contributed by atoms with van der Waals surface area (Å²) in [6.07, 6.45) is 3.53. The summed E-state index contributed by atoms with van der Waals surface area (Å²) < 4.78 is 27.0. The SMILES string of the molecule is Cc1cc(N2CCCCC2)nc(NCCNS(=O)(=O)c2ccc([N+](=O)[O-])cc2)n1. The highest BCUT2D eigenvalue weighted by Gasteiger charge is 2.16. The lowest BCUT2D eigenvalue weighted by Gasteiger charge is -2.28. The summed E-state index contributed by atoms with van der Waals surface area (Å²) in [5.74, 6) is 1.34. The van der Waals surface area contributed by atoms with Gasteiger partial charge in [0.15, 0.2) is 0 Å². The third kappa shape index (κ3) is 5.61. The molecule has 3 rings (SSSR count). The van der Waals surface area contributed by atoms with E-state index in [4.69, 9.17) is 0 Å². The van der Waals surface area contributed by atoms with Gasteiger partial charge in [-0.1, -0.05) is 0 Å². The normalized spacial score (nSPS) is 14.6. The van der Waals surface area contributed by atoms with Gasteiger partial charge in [-0.3, -0.25) is 10.1 Å². The number of nitrogens with one attached hydrogen (secondary N) is 2. The number of sulfonamides is 1. The van der Waals surface area contributed by atoms with E-state index in [2.05, 4.69) is 24.9 Å². The van der Waals surface area contributed by atoms with Crippen LogP contribution in [-0.2, 0) is 10.0 Å². The van der Waals surface area contributed by atoms with Crippen molar-refractivity contribution < 1.29 is 13.3 Å². The van der Waals surface area contributed by atoms with Gasteiger partial charge in [0, 0.05) is 50.1 Å². The van der Waals surface area contributed by atoms with Gasteiger partial charge in [0.2, 0.25) is 16.0 Å². The average molecular weight is 420 g/mol. The summed E-state index contributed by atoms with van der Waals surface area (Å²) in [7, 11) is -3.75. The van der Waals surface area contributed by atoms with Gasteiger partial charge in [-0.25, -0.2) is 18.1 Å². The first kappa shape index (κ1) is 20.9. The van der Waals surface area contributed by atoms with Crippen LogP contribution >= 0.6 is 0 Å². The van der Waals surface area contributed by atoms with Crippen molar-refractivity contribution in [1.82, 2.24) is 14.7 Å². The molecule has 2 aromatic rings. The lowest BCUT2D eigenvalue weighted by Crippen LogP contribution is -2.31. The molecule has 156 valence electrons. The molecule has 1 aliphatic heterocycles. The molecule has 1 fully saturated rings. The summed E-state index contributed by atoms with van der Waals surface area (Å²) in [5, 5.41) is 13.7. The van der Waals surface area contributed by atoms with E-state index in [1.54, 1.807) is 0 Å². The number of hydrogen-bond acceptors (Lipinski definition) is 8. The quantitative estimate of drug-likeness (QED) is 0.377. The number of aromatic nitrogens is 2. The average Bonchev–Trinajstić information content (AvgIpc) is 2.71. The molecule has 2 N–H and O–H groups in total. The molecule has 0 unspecified atom stereocenters. The Bertz CT molecular complexity index is 959. The predicted molar refractivity (Wildman–Crippen MR) is 110 cm³/mol. The standard InChI is InChI=1S/C18H24N6O4S/c1-14-13-17(23-11-3-2-4-12-23)22-18(21-14)19-9-10-20-29(27,28)16-7-5-15(6-8-16)24(25)26/h5-8,13,20H,2-4,9-12H2,1H3,(H,19,21,22). The van der Waals surface area contributed by atoms with Crippen molar-refractivity contribution in [3.05, 3.63) is 46.1 Å². The van der Waals surface area contributed by atoms with Gasteiger partial charge in [0.25, 0.3) is 5.69 Å². The minimum Gasteiger partial charge on any atom is -0.356 e. The molecule has 29 heavy (non-hydrogen) atoms. The number of non-ortho nitro benzene ring substituents is 1. The zero-order valence-corrected chi connectivity index (χ0v) is 17.0. The number of piperidine rings is 1. The van der Waals surface area contributed by atoms with Gasteiger partial charge in [-0.05, 0) is 38.3 Å². The molecule has 10 nitrogen and oxygen atoms in total. The fourth-order valence-electron chi connectivity index (χ4n) is 3.11. The third-order valence-electron chi connectivity index (χ3n) is 4.58. The van der Waals surface area contributed by atoms with E-state index in [9.17, 15) is 18.5 Å². The van der Waals surface area contributed by atoms with Crippen LogP contribution in [0.3, 0.4) is 0 Å². The van der Waals surface area contributed by atoms with E-state index in [-0.39, 0.29) is 17.1 Å². The van der Waals surface area contributed by atoms with Crippen LogP contribution in [0.25, 0.3) is 0 Å². The maximum atomic E-state index is 12.3. The summed E-state index contributed by atoms with van der Waals surface area (Å²) in [5.41, 5.74) is 0.682. The van der Waals surface area contributed by atoms with Crippen LogP contribution in [-0.4, -0.2) is 49.5 Å². The first-order valence-corrected chi connectivity index (χ1v) is 10.9. The van der Waals surface area contributed by atoms with E-state index in [1.165, 1.54) is 18.6 Å². The highest BCUT2D eigenvalue weighted by molar-refractivity contribution is 7.89. The van der Waals surface area contributed by atoms with Crippen LogP contribution in [0.5, 0.6) is 0 Å². The Labute approximate surface area is 169 Å². The topological polar surface area (TPSA) is 130 Å². The molecular formula is C18H24N6O4S. The first-order chi connectivity index (χ1) is 13.8. The second kappa shape index (κ2) is 9.14. The minimum absolute atomic E-state index is 0.0257. The van der Waals surface area contributed by atoms with Crippen LogP contribution in [0.15, 0.2) is 35.2 Å². The summed E-state index contributed by atoms with van der Waals surface area (Å²) >= 11 is 0. The molecule has 1 aromatic carbocycles. The Hall–Kier alpha value is -2.79. The maximum absolute atomic E-state index is 12.3. The molecule has 0 bridgehead atoms. The second-order valence-corrected chi connectivity index (χ2v) is 8.58. The highest BCUT2D eigenvalue weighted by Crippen LogP contribution is 2.19. The molecule has 1 aliphatic rings. The summed E-state index contributed by atoms with van der Waals surface area (Å²) in [6, 6.07) is 6.70. The molecule has 2 heterocycles. The van der Waals surface area contributed by atoms with Gasteiger partial charge in [-0.2, -0.15) is 4.98 Å². The number of nitro groups is 1. The number of nitro benzene ring substituents is 1. The molecule has 0 amide bonds. The number of benzene rings is 1. The van der Waals surface area contributed by atoms with Crippen LogP contribution in [0.1, 0.15) is 25.0 Å². The molecule has 1 saturated heterocycles. The highest BCUT2D eigenvalue weighted by atomic mass is 32.2. The van der Waals surface area contributed by atoms with Gasteiger partial charge >= 0.3 is 0 Å². The van der Waals surface area contributed by atoms with Crippen molar-refractivity contribution >= 4 is 27.5 Å². The van der Waals surface area contributed by atoms with Crippen molar-refractivity contribution in [3.8, 4) is 0 Å². The molecular weight excluding hydrogens is 396 g/mol. The number of aryl methyl sites for hydroxylation is 1. The Balaban J connectivity index is 1.55. The fraction of sp³-hybridized carbons (Fsp3) is 0.444. The van der Waals surface area contributed by atoms with Crippen molar-refractivity contribution in [3.63, 3.8) is 0 Å². The second-order valence-electron chi connectivity index (χ2n) is 6.81.